The number of carbonyl (C=O) groups is 1. The summed E-state index contributed by atoms with van der Waals surface area (Å²) in [5, 5.41) is 4.37. The first-order valence-corrected chi connectivity index (χ1v) is 7.31. The number of anilines is 1. The molecule has 0 aromatic carbocycles. The summed E-state index contributed by atoms with van der Waals surface area (Å²) in [6, 6.07) is 0.373. The number of hydrogen-bond donors (Lipinski definition) is 2. The number of nitrogens with zero attached hydrogens (tertiary/aromatic N) is 3. The fourth-order valence-corrected chi connectivity index (χ4v) is 3.51. The van der Waals surface area contributed by atoms with Gasteiger partial charge in [-0.2, -0.15) is 5.10 Å². The van der Waals surface area contributed by atoms with E-state index in [0.29, 0.717) is 29.8 Å². The summed E-state index contributed by atoms with van der Waals surface area (Å²) >= 11 is 0. The van der Waals surface area contributed by atoms with Crippen molar-refractivity contribution in [3.05, 3.63) is 11.3 Å². The van der Waals surface area contributed by atoms with E-state index < -0.39 is 5.91 Å². The minimum Gasteiger partial charge on any atom is -0.365 e. The van der Waals surface area contributed by atoms with Crippen LogP contribution in [0.25, 0.3) is 0 Å². The monoisotopic (exact) mass is 279 g/mol. The van der Waals surface area contributed by atoms with Gasteiger partial charge in [0, 0.05) is 19.6 Å². The van der Waals surface area contributed by atoms with E-state index in [0.717, 1.165) is 25.2 Å². The van der Waals surface area contributed by atoms with Gasteiger partial charge in [-0.15, -0.1) is 0 Å². The number of hydrogen-bond acceptors (Lipinski definition) is 4. The van der Waals surface area contributed by atoms with E-state index in [1.165, 1.54) is 6.42 Å². The normalized spacial score (nSPS) is 22.2. The van der Waals surface area contributed by atoms with Crippen LogP contribution in [0.15, 0.2) is 0 Å². The molecule has 0 spiro atoms. The van der Waals surface area contributed by atoms with Gasteiger partial charge in [0.05, 0.1) is 5.69 Å². The van der Waals surface area contributed by atoms with Crippen LogP contribution >= 0.6 is 0 Å². The third-order valence-corrected chi connectivity index (χ3v) is 4.37. The SMILES string of the molecule is CCN(c1c(C(N)=O)c(C)nn1C)C1CCCC1CN. The van der Waals surface area contributed by atoms with Crippen LogP contribution in [-0.4, -0.2) is 34.8 Å². The fraction of sp³-hybridized carbons (Fsp3) is 0.714. The zero-order chi connectivity index (χ0) is 14.9. The van der Waals surface area contributed by atoms with E-state index in [9.17, 15) is 4.79 Å². The van der Waals surface area contributed by atoms with Gasteiger partial charge in [-0.05, 0) is 39.2 Å². The van der Waals surface area contributed by atoms with E-state index >= 15 is 0 Å². The third-order valence-electron chi connectivity index (χ3n) is 4.37. The summed E-state index contributed by atoms with van der Waals surface area (Å²) in [6.07, 6.45) is 3.45. The van der Waals surface area contributed by atoms with Crippen LogP contribution in [0.5, 0.6) is 0 Å². The Morgan fingerprint density at radius 2 is 2.20 bits per heavy atom. The Balaban J connectivity index is 2.44. The molecule has 2 atom stereocenters. The average molecular weight is 279 g/mol. The quantitative estimate of drug-likeness (QED) is 0.833. The third kappa shape index (κ3) is 2.40. The molecule has 6 heteroatoms. The number of amides is 1. The van der Waals surface area contributed by atoms with Gasteiger partial charge in [-0.1, -0.05) is 6.42 Å². The van der Waals surface area contributed by atoms with E-state index in [1.54, 1.807) is 4.68 Å². The molecular formula is C14H25N5O. The first-order chi connectivity index (χ1) is 9.51. The van der Waals surface area contributed by atoms with Gasteiger partial charge in [0.2, 0.25) is 0 Å². The van der Waals surface area contributed by atoms with Crippen molar-refractivity contribution in [2.45, 2.75) is 39.2 Å². The van der Waals surface area contributed by atoms with Crippen LogP contribution in [0.1, 0.15) is 42.2 Å². The molecule has 0 radical (unpaired) electrons. The molecule has 1 amide bonds. The second kappa shape index (κ2) is 5.83. The van der Waals surface area contributed by atoms with Crippen molar-refractivity contribution in [3.63, 3.8) is 0 Å². The summed E-state index contributed by atoms with van der Waals surface area (Å²) in [4.78, 5) is 14.0. The predicted molar refractivity (Wildman–Crippen MR) is 79.7 cm³/mol. The van der Waals surface area contributed by atoms with Gasteiger partial charge in [0.15, 0.2) is 0 Å². The van der Waals surface area contributed by atoms with Gasteiger partial charge < -0.3 is 16.4 Å². The molecule has 1 aromatic heterocycles. The molecule has 2 rings (SSSR count). The minimum atomic E-state index is -0.411. The Morgan fingerprint density at radius 1 is 1.50 bits per heavy atom. The largest absolute Gasteiger partial charge is 0.365 e. The Bertz CT molecular complexity index is 496. The molecule has 1 fully saturated rings. The summed E-state index contributed by atoms with van der Waals surface area (Å²) in [5.74, 6) is 0.903. The summed E-state index contributed by atoms with van der Waals surface area (Å²) < 4.78 is 1.77. The molecule has 0 saturated heterocycles. The van der Waals surface area contributed by atoms with Gasteiger partial charge in [0.1, 0.15) is 11.4 Å². The molecule has 6 nitrogen and oxygen atoms in total. The maximum atomic E-state index is 11.8. The number of aryl methyl sites for hydroxylation is 2. The van der Waals surface area contributed by atoms with E-state index in [1.807, 2.05) is 14.0 Å². The molecule has 20 heavy (non-hydrogen) atoms. The van der Waals surface area contributed by atoms with Gasteiger partial charge in [0.25, 0.3) is 5.91 Å². The van der Waals surface area contributed by atoms with Crippen molar-refractivity contribution in [2.75, 3.05) is 18.0 Å². The lowest BCUT2D eigenvalue weighted by Crippen LogP contribution is -2.42. The molecule has 1 aliphatic rings. The highest BCUT2D eigenvalue weighted by atomic mass is 16.1. The smallest absolute Gasteiger partial charge is 0.254 e. The van der Waals surface area contributed by atoms with Crippen molar-refractivity contribution in [1.29, 1.82) is 0 Å². The Kier molecular flexibility index (Phi) is 4.32. The number of primary amides is 1. The maximum absolute atomic E-state index is 11.8. The van der Waals surface area contributed by atoms with Crippen LogP contribution in [-0.2, 0) is 7.05 Å². The Morgan fingerprint density at radius 3 is 2.75 bits per heavy atom. The highest BCUT2D eigenvalue weighted by Crippen LogP contribution is 2.34. The zero-order valence-electron chi connectivity index (χ0n) is 12.6. The molecule has 2 unspecified atom stereocenters. The second-order valence-corrected chi connectivity index (χ2v) is 5.55. The van der Waals surface area contributed by atoms with Crippen LogP contribution in [0.2, 0.25) is 0 Å². The lowest BCUT2D eigenvalue weighted by Gasteiger charge is -2.34. The zero-order valence-corrected chi connectivity index (χ0v) is 12.6. The van der Waals surface area contributed by atoms with E-state index in [2.05, 4.69) is 16.9 Å². The molecule has 4 N–H and O–H groups in total. The lowest BCUT2D eigenvalue weighted by molar-refractivity contribution is 0.1000. The van der Waals surface area contributed by atoms with Crippen LogP contribution < -0.4 is 16.4 Å². The van der Waals surface area contributed by atoms with Crippen molar-refractivity contribution in [1.82, 2.24) is 9.78 Å². The Labute approximate surface area is 120 Å². The lowest BCUT2D eigenvalue weighted by atomic mass is 10.0. The van der Waals surface area contributed by atoms with Crippen LogP contribution in [0.3, 0.4) is 0 Å². The van der Waals surface area contributed by atoms with E-state index in [-0.39, 0.29) is 0 Å². The molecular weight excluding hydrogens is 254 g/mol. The standard InChI is InChI=1S/C14H25N5O/c1-4-19(11-7-5-6-10(11)8-15)14-12(13(16)20)9(2)17-18(14)3/h10-11H,4-8,15H2,1-3H3,(H2,16,20). The minimum absolute atomic E-state index is 0.373. The van der Waals surface area contributed by atoms with Crippen molar-refractivity contribution >= 4 is 11.7 Å². The second-order valence-electron chi connectivity index (χ2n) is 5.55. The average Bonchev–Trinajstić information content (AvgIpc) is 2.96. The highest BCUT2D eigenvalue weighted by molar-refractivity contribution is 5.99. The van der Waals surface area contributed by atoms with Crippen LogP contribution in [0, 0.1) is 12.8 Å². The molecule has 1 aromatic rings. The number of nitrogens with two attached hydrogens (primary N) is 2. The van der Waals surface area contributed by atoms with Crippen molar-refractivity contribution < 1.29 is 4.79 Å². The number of carbonyl (C=O) groups excluding carboxylic acids is 1. The molecule has 1 aliphatic carbocycles. The first-order valence-electron chi connectivity index (χ1n) is 7.31. The van der Waals surface area contributed by atoms with Crippen LogP contribution in [0.4, 0.5) is 5.82 Å². The number of aromatic nitrogens is 2. The molecule has 0 aliphatic heterocycles. The highest BCUT2D eigenvalue weighted by Gasteiger charge is 2.34. The number of rotatable bonds is 5. The predicted octanol–water partition coefficient (Wildman–Crippen LogP) is 0.781. The first kappa shape index (κ1) is 14.8. The summed E-state index contributed by atoms with van der Waals surface area (Å²) in [6.45, 7) is 5.43. The molecule has 112 valence electrons. The topological polar surface area (TPSA) is 90.2 Å². The van der Waals surface area contributed by atoms with Gasteiger partial charge >= 0.3 is 0 Å². The summed E-state index contributed by atoms with van der Waals surface area (Å²) in [5.41, 5.74) is 12.7. The van der Waals surface area contributed by atoms with Gasteiger partial charge in [-0.25, -0.2) is 0 Å². The molecule has 1 saturated carbocycles. The van der Waals surface area contributed by atoms with Crippen molar-refractivity contribution in [3.8, 4) is 0 Å². The molecule has 0 bridgehead atoms. The van der Waals surface area contributed by atoms with Crippen molar-refractivity contribution in [2.24, 2.45) is 24.4 Å². The van der Waals surface area contributed by atoms with Gasteiger partial charge in [-0.3, -0.25) is 9.48 Å². The summed E-state index contributed by atoms with van der Waals surface area (Å²) in [7, 11) is 1.86. The fourth-order valence-electron chi connectivity index (χ4n) is 3.51. The maximum Gasteiger partial charge on any atom is 0.254 e. The Hall–Kier alpha value is -1.56. The molecule has 1 heterocycles. The van der Waals surface area contributed by atoms with E-state index in [4.69, 9.17) is 11.5 Å².